The first kappa shape index (κ1) is 15.5. The largest absolute Gasteiger partial charge is 0.271 e. The summed E-state index contributed by atoms with van der Waals surface area (Å²) in [4.78, 5) is 1.00. The van der Waals surface area contributed by atoms with Gasteiger partial charge in [-0.15, -0.1) is 11.8 Å². The maximum Gasteiger partial charge on any atom is 0.123 e. The molecule has 0 aliphatic rings. The highest BCUT2D eigenvalue weighted by molar-refractivity contribution is 9.10. The van der Waals surface area contributed by atoms with Gasteiger partial charge in [0, 0.05) is 17.2 Å². The van der Waals surface area contributed by atoms with Crippen molar-refractivity contribution in [2.45, 2.75) is 24.4 Å². The number of aromatic nitrogens is 2. The minimum atomic E-state index is -0.227. The minimum absolute atomic E-state index is 0.0399. The molecule has 0 aliphatic carbocycles. The highest BCUT2D eigenvalue weighted by atomic mass is 79.9. The molecule has 1 aromatic carbocycles. The molecule has 2 aromatic rings. The van der Waals surface area contributed by atoms with Crippen molar-refractivity contribution < 1.29 is 4.39 Å². The smallest absolute Gasteiger partial charge is 0.123 e. The number of hydrogen-bond acceptors (Lipinski definition) is 4. The van der Waals surface area contributed by atoms with Gasteiger partial charge in [0.15, 0.2) is 0 Å². The number of hydrazine groups is 1. The summed E-state index contributed by atoms with van der Waals surface area (Å²) in [5.41, 5.74) is 3.83. The van der Waals surface area contributed by atoms with Gasteiger partial charge in [0.05, 0.1) is 22.4 Å². The lowest BCUT2D eigenvalue weighted by Crippen LogP contribution is -2.31. The Bertz CT molecular complexity index is 558. The van der Waals surface area contributed by atoms with Crippen LogP contribution in [-0.2, 0) is 6.54 Å². The van der Waals surface area contributed by atoms with Crippen LogP contribution in [0, 0.1) is 5.82 Å². The van der Waals surface area contributed by atoms with Gasteiger partial charge in [-0.05, 0) is 47.1 Å². The van der Waals surface area contributed by atoms with E-state index >= 15 is 0 Å². The van der Waals surface area contributed by atoms with Gasteiger partial charge in [0.25, 0.3) is 0 Å². The van der Waals surface area contributed by atoms with Gasteiger partial charge in [0.1, 0.15) is 5.82 Å². The molecule has 20 heavy (non-hydrogen) atoms. The van der Waals surface area contributed by atoms with E-state index in [1.165, 1.54) is 12.1 Å². The second-order valence-electron chi connectivity index (χ2n) is 4.18. The van der Waals surface area contributed by atoms with Crippen LogP contribution in [0.2, 0.25) is 0 Å². The molecule has 4 nitrogen and oxygen atoms in total. The van der Waals surface area contributed by atoms with Crippen molar-refractivity contribution in [2.75, 3.05) is 5.75 Å². The van der Waals surface area contributed by atoms with Crippen molar-refractivity contribution in [2.24, 2.45) is 5.84 Å². The standard InChI is InChI=1S/C13H16BrFN4S/c1-2-19-13(11(14)7-17-19)12(18-16)8-20-10-5-3-9(15)4-6-10/h3-7,12,18H,2,8,16H2,1H3. The molecule has 0 bridgehead atoms. The fourth-order valence-electron chi connectivity index (χ4n) is 1.89. The van der Waals surface area contributed by atoms with E-state index in [-0.39, 0.29) is 11.9 Å². The Kier molecular flexibility index (Phi) is 5.59. The summed E-state index contributed by atoms with van der Waals surface area (Å²) in [5, 5.41) is 4.29. The number of rotatable bonds is 6. The fraction of sp³-hybridized carbons (Fsp3) is 0.308. The molecule has 0 fully saturated rings. The quantitative estimate of drug-likeness (QED) is 0.473. The van der Waals surface area contributed by atoms with Gasteiger partial charge in [-0.25, -0.2) is 4.39 Å². The Labute approximate surface area is 130 Å². The zero-order chi connectivity index (χ0) is 14.5. The van der Waals surface area contributed by atoms with Gasteiger partial charge < -0.3 is 0 Å². The van der Waals surface area contributed by atoms with Crippen LogP contribution in [0.5, 0.6) is 0 Å². The monoisotopic (exact) mass is 358 g/mol. The molecule has 108 valence electrons. The second kappa shape index (κ2) is 7.21. The first-order valence-electron chi connectivity index (χ1n) is 6.21. The highest BCUT2D eigenvalue weighted by Crippen LogP contribution is 2.28. The molecule has 1 unspecified atom stereocenters. The van der Waals surface area contributed by atoms with E-state index < -0.39 is 0 Å². The molecule has 7 heteroatoms. The lowest BCUT2D eigenvalue weighted by Gasteiger charge is -2.17. The summed E-state index contributed by atoms with van der Waals surface area (Å²) in [6.45, 7) is 2.81. The van der Waals surface area contributed by atoms with E-state index in [2.05, 4.69) is 26.5 Å². The molecular weight excluding hydrogens is 343 g/mol. The Balaban J connectivity index is 2.09. The third-order valence-electron chi connectivity index (χ3n) is 2.89. The summed E-state index contributed by atoms with van der Waals surface area (Å²) in [6.07, 6.45) is 1.77. The van der Waals surface area contributed by atoms with Crippen LogP contribution in [-0.4, -0.2) is 15.5 Å². The number of benzene rings is 1. The Morgan fingerprint density at radius 3 is 2.75 bits per heavy atom. The van der Waals surface area contributed by atoms with Gasteiger partial charge in [-0.1, -0.05) is 0 Å². The maximum absolute atomic E-state index is 12.9. The summed E-state index contributed by atoms with van der Waals surface area (Å²) in [6, 6.07) is 6.40. The van der Waals surface area contributed by atoms with Gasteiger partial charge in [0.2, 0.25) is 0 Å². The number of nitrogens with two attached hydrogens (primary N) is 1. The molecule has 0 saturated heterocycles. The average molecular weight is 359 g/mol. The van der Waals surface area contributed by atoms with Gasteiger partial charge in [-0.2, -0.15) is 5.10 Å². The van der Waals surface area contributed by atoms with E-state index in [0.717, 1.165) is 27.4 Å². The van der Waals surface area contributed by atoms with Crippen LogP contribution in [0.15, 0.2) is 39.8 Å². The zero-order valence-corrected chi connectivity index (χ0v) is 13.4. The highest BCUT2D eigenvalue weighted by Gasteiger charge is 2.18. The van der Waals surface area contributed by atoms with Gasteiger partial charge in [-0.3, -0.25) is 16.0 Å². The number of halogens is 2. The average Bonchev–Trinajstić information content (AvgIpc) is 2.83. The van der Waals surface area contributed by atoms with E-state index in [9.17, 15) is 4.39 Å². The molecule has 0 spiro atoms. The minimum Gasteiger partial charge on any atom is -0.271 e. The summed E-state index contributed by atoms with van der Waals surface area (Å²) < 4.78 is 15.7. The van der Waals surface area contributed by atoms with Crippen LogP contribution in [0.25, 0.3) is 0 Å². The Hall–Kier alpha value is -0.890. The van der Waals surface area contributed by atoms with Crippen LogP contribution in [0.4, 0.5) is 4.39 Å². The summed E-state index contributed by atoms with van der Waals surface area (Å²) in [7, 11) is 0. The van der Waals surface area contributed by atoms with Crippen molar-refractivity contribution in [3.63, 3.8) is 0 Å². The van der Waals surface area contributed by atoms with E-state index in [1.54, 1.807) is 30.1 Å². The topological polar surface area (TPSA) is 55.9 Å². The van der Waals surface area contributed by atoms with Crippen molar-refractivity contribution in [3.05, 3.63) is 46.4 Å². The normalized spacial score (nSPS) is 12.6. The molecule has 0 aliphatic heterocycles. The molecule has 0 radical (unpaired) electrons. The molecule has 1 aromatic heterocycles. The molecule has 1 atom stereocenters. The van der Waals surface area contributed by atoms with Crippen molar-refractivity contribution in [3.8, 4) is 0 Å². The lowest BCUT2D eigenvalue weighted by molar-refractivity contribution is 0.526. The van der Waals surface area contributed by atoms with Crippen molar-refractivity contribution in [1.82, 2.24) is 15.2 Å². The number of nitrogens with one attached hydrogen (secondary N) is 1. The van der Waals surface area contributed by atoms with Crippen LogP contribution in [0.1, 0.15) is 18.7 Å². The number of aryl methyl sites for hydroxylation is 1. The Morgan fingerprint density at radius 2 is 2.15 bits per heavy atom. The number of nitrogens with zero attached hydrogens (tertiary/aromatic N) is 2. The third-order valence-corrected chi connectivity index (χ3v) is 4.61. The van der Waals surface area contributed by atoms with E-state index in [1.807, 2.05) is 11.6 Å². The fourth-order valence-corrected chi connectivity index (χ4v) is 3.40. The zero-order valence-electron chi connectivity index (χ0n) is 11.0. The lowest BCUT2D eigenvalue weighted by atomic mass is 10.2. The molecule has 2 rings (SSSR count). The Morgan fingerprint density at radius 1 is 1.45 bits per heavy atom. The molecular formula is C13H16BrFN4S. The first-order valence-corrected chi connectivity index (χ1v) is 7.99. The molecule has 1 heterocycles. The number of hydrogen-bond donors (Lipinski definition) is 2. The summed E-state index contributed by atoms with van der Waals surface area (Å²) >= 11 is 5.11. The van der Waals surface area contributed by atoms with Crippen LogP contribution < -0.4 is 11.3 Å². The first-order chi connectivity index (χ1) is 9.65. The molecule has 0 amide bonds. The maximum atomic E-state index is 12.9. The molecule has 3 N–H and O–H groups in total. The van der Waals surface area contributed by atoms with Crippen LogP contribution in [0.3, 0.4) is 0 Å². The predicted octanol–water partition coefficient (Wildman–Crippen LogP) is 3.10. The predicted molar refractivity (Wildman–Crippen MR) is 82.8 cm³/mol. The van der Waals surface area contributed by atoms with E-state index in [0.29, 0.717) is 0 Å². The van der Waals surface area contributed by atoms with E-state index in [4.69, 9.17) is 5.84 Å². The molecule has 0 saturated carbocycles. The van der Waals surface area contributed by atoms with Gasteiger partial charge >= 0.3 is 0 Å². The summed E-state index contributed by atoms with van der Waals surface area (Å²) in [5.74, 6) is 6.16. The van der Waals surface area contributed by atoms with Crippen molar-refractivity contribution >= 4 is 27.7 Å². The SMILES string of the molecule is CCn1ncc(Br)c1C(CSc1ccc(F)cc1)NN. The third kappa shape index (κ3) is 3.60. The van der Waals surface area contributed by atoms with Crippen molar-refractivity contribution in [1.29, 1.82) is 0 Å². The number of thioether (sulfide) groups is 1. The van der Waals surface area contributed by atoms with Crippen LogP contribution >= 0.6 is 27.7 Å². The second-order valence-corrected chi connectivity index (χ2v) is 6.13.